The van der Waals surface area contributed by atoms with Gasteiger partial charge in [-0.3, -0.25) is 0 Å². The number of sulfonamides is 1. The maximum absolute atomic E-state index is 13.5. The smallest absolute Gasteiger partial charge is 0.240 e. The Labute approximate surface area is 114 Å². The van der Waals surface area contributed by atoms with Crippen molar-refractivity contribution in [2.45, 2.75) is 4.90 Å². The number of anilines is 3. The summed E-state index contributed by atoms with van der Waals surface area (Å²) in [5.74, 6) is -1.40. The Balaban J connectivity index is 2.52. The zero-order valence-electron chi connectivity index (χ0n) is 10.1. The number of primary sulfonamides is 1. The van der Waals surface area contributed by atoms with Gasteiger partial charge in [-0.25, -0.2) is 22.3 Å². The molecule has 0 atom stereocenters. The molecule has 2 aromatic carbocycles. The van der Waals surface area contributed by atoms with Crippen molar-refractivity contribution in [2.24, 2.45) is 5.14 Å². The topological polar surface area (TPSA) is 98.2 Å². The first-order chi connectivity index (χ1) is 9.27. The number of hydrogen-bond acceptors (Lipinski definition) is 4. The van der Waals surface area contributed by atoms with E-state index in [-0.39, 0.29) is 22.0 Å². The molecule has 0 bridgehead atoms. The van der Waals surface area contributed by atoms with E-state index < -0.39 is 21.7 Å². The van der Waals surface area contributed by atoms with Gasteiger partial charge in [0.2, 0.25) is 10.0 Å². The first-order valence-corrected chi connectivity index (χ1v) is 6.96. The number of nitrogens with two attached hydrogens (primary N) is 2. The molecule has 0 amide bonds. The summed E-state index contributed by atoms with van der Waals surface area (Å²) in [6.07, 6.45) is 0. The van der Waals surface area contributed by atoms with Crippen LogP contribution in [-0.4, -0.2) is 8.42 Å². The quantitative estimate of drug-likeness (QED) is 0.754. The Morgan fingerprint density at radius 1 is 1.00 bits per heavy atom. The third kappa shape index (κ3) is 3.03. The molecule has 2 rings (SSSR count). The number of rotatable bonds is 3. The lowest BCUT2D eigenvalue weighted by Crippen LogP contribution is -2.14. The van der Waals surface area contributed by atoms with Crippen LogP contribution in [0.5, 0.6) is 0 Å². The predicted molar refractivity (Wildman–Crippen MR) is 71.9 cm³/mol. The van der Waals surface area contributed by atoms with Crippen LogP contribution in [0.4, 0.5) is 25.8 Å². The van der Waals surface area contributed by atoms with Crippen LogP contribution in [0.25, 0.3) is 0 Å². The lowest BCUT2D eigenvalue weighted by Gasteiger charge is -2.12. The van der Waals surface area contributed by atoms with E-state index in [0.29, 0.717) is 0 Å². The van der Waals surface area contributed by atoms with Crippen LogP contribution in [0.3, 0.4) is 0 Å². The van der Waals surface area contributed by atoms with Gasteiger partial charge in [-0.05, 0) is 30.3 Å². The van der Waals surface area contributed by atoms with E-state index in [2.05, 4.69) is 5.32 Å². The second-order valence-corrected chi connectivity index (χ2v) is 5.58. The minimum atomic E-state index is -4.06. The Morgan fingerprint density at radius 2 is 1.70 bits per heavy atom. The van der Waals surface area contributed by atoms with Crippen molar-refractivity contribution in [3.05, 3.63) is 48.0 Å². The van der Waals surface area contributed by atoms with E-state index >= 15 is 0 Å². The molecule has 5 N–H and O–H groups in total. The van der Waals surface area contributed by atoms with Crippen molar-refractivity contribution >= 4 is 27.1 Å². The SMILES string of the molecule is Nc1ccc(Nc2cc(F)ccc2F)c(S(N)(=O)=O)c1. The maximum atomic E-state index is 13.5. The predicted octanol–water partition coefficient (Wildman–Crippen LogP) is 1.94. The van der Waals surface area contributed by atoms with Gasteiger partial charge in [0.1, 0.15) is 16.5 Å². The zero-order valence-corrected chi connectivity index (χ0v) is 10.9. The van der Waals surface area contributed by atoms with Gasteiger partial charge in [-0.2, -0.15) is 0 Å². The summed E-state index contributed by atoms with van der Waals surface area (Å²) in [4.78, 5) is -0.304. The molecule has 0 spiro atoms. The molecule has 0 saturated heterocycles. The Morgan fingerprint density at radius 3 is 2.35 bits per heavy atom. The van der Waals surface area contributed by atoms with Gasteiger partial charge < -0.3 is 11.1 Å². The summed E-state index contributed by atoms with van der Waals surface area (Å²) in [6, 6.07) is 6.64. The van der Waals surface area contributed by atoms with Crippen LogP contribution in [0.2, 0.25) is 0 Å². The van der Waals surface area contributed by atoms with Crippen LogP contribution in [-0.2, 0) is 10.0 Å². The molecular weight excluding hydrogens is 288 g/mol. The fourth-order valence-electron chi connectivity index (χ4n) is 1.62. The van der Waals surface area contributed by atoms with Crippen molar-refractivity contribution in [2.75, 3.05) is 11.1 Å². The monoisotopic (exact) mass is 299 g/mol. The minimum absolute atomic E-state index is 0.00574. The zero-order chi connectivity index (χ0) is 14.9. The van der Waals surface area contributed by atoms with Gasteiger partial charge in [-0.1, -0.05) is 0 Å². The highest BCUT2D eigenvalue weighted by molar-refractivity contribution is 7.89. The molecule has 0 aliphatic heterocycles. The van der Waals surface area contributed by atoms with Crippen molar-refractivity contribution in [1.82, 2.24) is 0 Å². The van der Waals surface area contributed by atoms with E-state index in [0.717, 1.165) is 24.3 Å². The third-order valence-electron chi connectivity index (χ3n) is 2.51. The average Bonchev–Trinajstić information content (AvgIpc) is 2.34. The summed E-state index contributed by atoms with van der Waals surface area (Å²) in [6.45, 7) is 0. The highest BCUT2D eigenvalue weighted by Crippen LogP contribution is 2.27. The molecule has 8 heteroatoms. The van der Waals surface area contributed by atoms with Gasteiger partial charge in [0.25, 0.3) is 0 Å². The summed E-state index contributed by atoms with van der Waals surface area (Å²) >= 11 is 0. The highest BCUT2D eigenvalue weighted by atomic mass is 32.2. The van der Waals surface area contributed by atoms with Crippen LogP contribution in [0.1, 0.15) is 0 Å². The van der Waals surface area contributed by atoms with Crippen LogP contribution >= 0.6 is 0 Å². The second kappa shape index (κ2) is 5.06. The van der Waals surface area contributed by atoms with Crippen molar-refractivity contribution in [1.29, 1.82) is 0 Å². The molecule has 106 valence electrons. The highest BCUT2D eigenvalue weighted by Gasteiger charge is 2.16. The maximum Gasteiger partial charge on any atom is 0.240 e. The number of nitrogens with one attached hydrogen (secondary N) is 1. The molecule has 0 unspecified atom stereocenters. The van der Waals surface area contributed by atoms with Crippen LogP contribution in [0.15, 0.2) is 41.3 Å². The summed E-state index contributed by atoms with van der Waals surface area (Å²) in [5.41, 5.74) is 5.47. The summed E-state index contributed by atoms with van der Waals surface area (Å²) in [5, 5.41) is 7.54. The fraction of sp³-hybridized carbons (Fsp3) is 0. The number of hydrogen-bond donors (Lipinski definition) is 3. The molecular formula is C12H11F2N3O2S. The molecule has 0 aliphatic carbocycles. The molecule has 0 radical (unpaired) electrons. The van der Waals surface area contributed by atoms with Gasteiger partial charge in [0, 0.05) is 11.8 Å². The number of nitrogen functional groups attached to an aromatic ring is 1. The van der Waals surface area contributed by atoms with E-state index in [1.807, 2.05) is 0 Å². The Bertz CT molecular complexity index is 763. The Kier molecular flexibility index (Phi) is 3.60. The van der Waals surface area contributed by atoms with Crippen molar-refractivity contribution in [3.8, 4) is 0 Å². The number of benzene rings is 2. The Hall–Kier alpha value is -2.19. The van der Waals surface area contributed by atoms with Gasteiger partial charge >= 0.3 is 0 Å². The molecule has 0 fully saturated rings. The van der Waals surface area contributed by atoms with E-state index in [1.165, 1.54) is 12.1 Å². The van der Waals surface area contributed by atoms with E-state index in [9.17, 15) is 17.2 Å². The van der Waals surface area contributed by atoms with Crippen molar-refractivity contribution in [3.63, 3.8) is 0 Å². The van der Waals surface area contributed by atoms with Crippen molar-refractivity contribution < 1.29 is 17.2 Å². The van der Waals surface area contributed by atoms with Gasteiger partial charge in [0.05, 0.1) is 11.4 Å². The largest absolute Gasteiger partial charge is 0.399 e. The lowest BCUT2D eigenvalue weighted by atomic mass is 10.2. The normalized spacial score (nSPS) is 11.3. The molecule has 0 heterocycles. The average molecular weight is 299 g/mol. The fourth-order valence-corrected chi connectivity index (χ4v) is 2.34. The van der Waals surface area contributed by atoms with Gasteiger partial charge in [0.15, 0.2) is 0 Å². The molecule has 0 saturated carbocycles. The van der Waals surface area contributed by atoms with E-state index in [1.54, 1.807) is 0 Å². The second-order valence-electron chi connectivity index (χ2n) is 4.05. The molecule has 20 heavy (non-hydrogen) atoms. The summed E-state index contributed by atoms with van der Waals surface area (Å²) in [7, 11) is -4.06. The first-order valence-electron chi connectivity index (χ1n) is 5.42. The molecule has 2 aromatic rings. The first kappa shape index (κ1) is 14.2. The van der Waals surface area contributed by atoms with Crippen LogP contribution < -0.4 is 16.2 Å². The minimum Gasteiger partial charge on any atom is -0.399 e. The number of halogens is 2. The standard InChI is InChI=1S/C12H11F2N3O2S/c13-7-1-3-9(14)11(5-7)17-10-4-2-8(15)6-12(10)20(16,18)19/h1-6,17H,15H2,(H2,16,18,19). The van der Waals surface area contributed by atoms with Crippen LogP contribution in [0, 0.1) is 11.6 Å². The molecule has 5 nitrogen and oxygen atoms in total. The summed E-state index contributed by atoms with van der Waals surface area (Å²) < 4.78 is 49.5. The van der Waals surface area contributed by atoms with Gasteiger partial charge in [-0.15, -0.1) is 0 Å². The molecule has 0 aliphatic rings. The third-order valence-corrected chi connectivity index (χ3v) is 3.46. The van der Waals surface area contributed by atoms with E-state index in [4.69, 9.17) is 10.9 Å². The lowest BCUT2D eigenvalue weighted by molar-refractivity contribution is 0.597. The molecule has 0 aromatic heterocycles.